The van der Waals surface area contributed by atoms with Gasteiger partial charge in [0.25, 0.3) is 0 Å². The molecule has 108 valence electrons. The topological polar surface area (TPSA) is 82.5 Å². The number of amides is 2. The highest BCUT2D eigenvalue weighted by molar-refractivity contribution is 7.99. The molecule has 1 atom stereocenters. The third-order valence-corrected chi connectivity index (χ3v) is 4.27. The van der Waals surface area contributed by atoms with Crippen molar-refractivity contribution in [3.05, 3.63) is 24.0 Å². The number of carboxylic acid groups (broad SMARTS) is 1. The van der Waals surface area contributed by atoms with Gasteiger partial charge >= 0.3 is 12.0 Å². The molecule has 1 aliphatic heterocycles. The second-order valence-electron chi connectivity index (χ2n) is 4.64. The van der Waals surface area contributed by atoms with Crippen LogP contribution in [-0.4, -0.2) is 51.1 Å². The van der Waals surface area contributed by atoms with Crippen LogP contribution in [0.15, 0.2) is 18.5 Å². The molecule has 6 nitrogen and oxygen atoms in total. The molecular formula is C13H17N3O3S. The largest absolute Gasteiger partial charge is 0.481 e. The number of hydrogen-bond acceptors (Lipinski definition) is 4. The minimum Gasteiger partial charge on any atom is -0.481 e. The molecule has 0 bridgehead atoms. The fourth-order valence-corrected chi connectivity index (χ4v) is 3.14. The molecular weight excluding hydrogens is 278 g/mol. The average molecular weight is 295 g/mol. The molecule has 0 saturated carbocycles. The lowest BCUT2D eigenvalue weighted by Crippen LogP contribution is -2.49. The summed E-state index contributed by atoms with van der Waals surface area (Å²) in [6, 6.07) is 1.30. The van der Waals surface area contributed by atoms with E-state index >= 15 is 0 Å². The Balaban J connectivity index is 2.06. The van der Waals surface area contributed by atoms with Crippen molar-refractivity contribution in [1.82, 2.24) is 9.88 Å². The van der Waals surface area contributed by atoms with Crippen LogP contribution in [0.2, 0.25) is 0 Å². The minimum atomic E-state index is -0.882. The van der Waals surface area contributed by atoms with Gasteiger partial charge in [-0.1, -0.05) is 0 Å². The third kappa shape index (κ3) is 3.63. The van der Waals surface area contributed by atoms with Crippen LogP contribution in [0.25, 0.3) is 0 Å². The Morgan fingerprint density at radius 1 is 1.60 bits per heavy atom. The summed E-state index contributed by atoms with van der Waals surface area (Å²) in [5, 5.41) is 11.7. The molecule has 20 heavy (non-hydrogen) atoms. The zero-order valence-electron chi connectivity index (χ0n) is 11.2. The zero-order valence-corrected chi connectivity index (χ0v) is 12.0. The van der Waals surface area contributed by atoms with Crippen LogP contribution in [0.4, 0.5) is 10.5 Å². The fraction of sp³-hybridized carbons (Fsp3) is 0.462. The van der Waals surface area contributed by atoms with Crippen LogP contribution in [0.1, 0.15) is 12.0 Å². The molecule has 0 aliphatic carbocycles. The highest BCUT2D eigenvalue weighted by atomic mass is 32.2. The number of nitrogens with zero attached hydrogens (tertiary/aromatic N) is 2. The van der Waals surface area contributed by atoms with Gasteiger partial charge in [0, 0.05) is 24.2 Å². The van der Waals surface area contributed by atoms with Crippen molar-refractivity contribution in [3.8, 4) is 0 Å². The number of carbonyl (C=O) groups is 2. The van der Waals surface area contributed by atoms with Crippen molar-refractivity contribution in [2.45, 2.75) is 19.4 Å². The van der Waals surface area contributed by atoms with Crippen LogP contribution in [0.3, 0.4) is 0 Å². The third-order valence-electron chi connectivity index (χ3n) is 3.18. The SMILES string of the molecule is Cc1ccncc1NC(=O)N1CCSCC1CC(=O)O. The van der Waals surface area contributed by atoms with Crippen molar-refractivity contribution in [2.75, 3.05) is 23.4 Å². The molecule has 1 fully saturated rings. The van der Waals surface area contributed by atoms with E-state index in [-0.39, 0.29) is 18.5 Å². The van der Waals surface area contributed by atoms with Gasteiger partial charge in [-0.25, -0.2) is 4.79 Å². The second kappa shape index (κ2) is 6.60. The van der Waals surface area contributed by atoms with Crippen molar-refractivity contribution >= 4 is 29.4 Å². The first kappa shape index (κ1) is 14.6. The van der Waals surface area contributed by atoms with Crippen LogP contribution in [-0.2, 0) is 4.79 Å². The van der Waals surface area contributed by atoms with Crippen LogP contribution >= 0.6 is 11.8 Å². The zero-order chi connectivity index (χ0) is 14.5. The van der Waals surface area contributed by atoms with Crippen molar-refractivity contribution < 1.29 is 14.7 Å². The number of pyridine rings is 1. The van der Waals surface area contributed by atoms with Crippen molar-refractivity contribution in [3.63, 3.8) is 0 Å². The van der Waals surface area contributed by atoms with E-state index in [1.807, 2.05) is 13.0 Å². The molecule has 1 aliphatic rings. The lowest BCUT2D eigenvalue weighted by Gasteiger charge is -2.34. The summed E-state index contributed by atoms with van der Waals surface area (Å²) in [6.45, 7) is 2.45. The number of anilines is 1. The predicted octanol–water partition coefficient (Wildman–Crippen LogP) is 1.81. The summed E-state index contributed by atoms with van der Waals surface area (Å²) in [7, 11) is 0. The molecule has 0 spiro atoms. The number of thioether (sulfide) groups is 1. The predicted molar refractivity (Wildman–Crippen MR) is 78.1 cm³/mol. The summed E-state index contributed by atoms with van der Waals surface area (Å²) in [5.74, 6) is 0.606. The number of nitrogens with one attached hydrogen (secondary N) is 1. The molecule has 1 unspecified atom stereocenters. The lowest BCUT2D eigenvalue weighted by atomic mass is 10.2. The lowest BCUT2D eigenvalue weighted by molar-refractivity contribution is -0.137. The van der Waals surface area contributed by atoms with E-state index in [2.05, 4.69) is 10.3 Å². The van der Waals surface area contributed by atoms with Gasteiger partial charge in [0.15, 0.2) is 0 Å². The Kier molecular flexibility index (Phi) is 4.84. The Morgan fingerprint density at radius 2 is 2.40 bits per heavy atom. The molecule has 2 amide bonds. The van der Waals surface area contributed by atoms with Gasteiger partial charge in [0.05, 0.1) is 24.3 Å². The number of aryl methyl sites for hydroxylation is 1. The van der Waals surface area contributed by atoms with Crippen LogP contribution < -0.4 is 5.32 Å². The van der Waals surface area contributed by atoms with E-state index in [1.165, 1.54) is 0 Å². The smallest absolute Gasteiger partial charge is 0.322 e. The Labute approximate surface area is 121 Å². The highest BCUT2D eigenvalue weighted by Gasteiger charge is 2.29. The summed E-state index contributed by atoms with van der Waals surface area (Å²) in [6.07, 6.45) is 3.24. The molecule has 0 radical (unpaired) electrons. The number of aliphatic carboxylic acids is 1. The number of urea groups is 1. The second-order valence-corrected chi connectivity index (χ2v) is 5.79. The molecule has 2 heterocycles. The number of aromatic nitrogens is 1. The first-order valence-electron chi connectivity index (χ1n) is 6.35. The summed E-state index contributed by atoms with van der Waals surface area (Å²) < 4.78 is 0. The van der Waals surface area contributed by atoms with Crippen molar-refractivity contribution in [1.29, 1.82) is 0 Å². The maximum absolute atomic E-state index is 12.3. The van der Waals surface area contributed by atoms with E-state index in [0.717, 1.165) is 11.3 Å². The van der Waals surface area contributed by atoms with E-state index in [0.29, 0.717) is 18.0 Å². The monoisotopic (exact) mass is 295 g/mol. The van der Waals surface area contributed by atoms with E-state index in [4.69, 9.17) is 5.11 Å². The Morgan fingerprint density at radius 3 is 3.10 bits per heavy atom. The summed E-state index contributed by atoms with van der Waals surface area (Å²) in [5.41, 5.74) is 1.58. The number of carboxylic acids is 1. The van der Waals surface area contributed by atoms with Gasteiger partial charge in [-0.15, -0.1) is 0 Å². The molecule has 0 aromatic carbocycles. The summed E-state index contributed by atoms with van der Waals surface area (Å²) in [4.78, 5) is 28.8. The summed E-state index contributed by atoms with van der Waals surface area (Å²) >= 11 is 1.68. The van der Waals surface area contributed by atoms with Gasteiger partial charge in [0.2, 0.25) is 0 Å². The number of carbonyl (C=O) groups excluding carboxylic acids is 1. The number of hydrogen-bond donors (Lipinski definition) is 2. The number of rotatable bonds is 3. The van der Waals surface area contributed by atoms with Crippen LogP contribution in [0.5, 0.6) is 0 Å². The highest BCUT2D eigenvalue weighted by Crippen LogP contribution is 2.21. The van der Waals surface area contributed by atoms with Gasteiger partial charge in [0.1, 0.15) is 0 Å². The van der Waals surface area contributed by atoms with E-state index in [1.54, 1.807) is 29.1 Å². The molecule has 2 N–H and O–H groups in total. The minimum absolute atomic E-state index is 0.0214. The first-order chi connectivity index (χ1) is 9.58. The molecule has 1 aromatic heterocycles. The van der Waals surface area contributed by atoms with Gasteiger partial charge in [-0.2, -0.15) is 11.8 Å². The van der Waals surface area contributed by atoms with E-state index < -0.39 is 5.97 Å². The van der Waals surface area contributed by atoms with E-state index in [9.17, 15) is 9.59 Å². The van der Waals surface area contributed by atoms with Gasteiger partial charge < -0.3 is 15.3 Å². The molecule has 2 rings (SSSR count). The average Bonchev–Trinajstić information content (AvgIpc) is 2.41. The fourth-order valence-electron chi connectivity index (χ4n) is 2.07. The van der Waals surface area contributed by atoms with Crippen molar-refractivity contribution in [2.24, 2.45) is 0 Å². The van der Waals surface area contributed by atoms with Gasteiger partial charge in [-0.3, -0.25) is 9.78 Å². The normalized spacial score (nSPS) is 18.6. The standard InChI is InChI=1S/C13H17N3O3S/c1-9-2-3-14-7-11(9)15-13(19)16-4-5-20-8-10(16)6-12(17)18/h2-3,7,10H,4-6,8H2,1H3,(H,15,19)(H,17,18). The molecule has 7 heteroatoms. The maximum atomic E-state index is 12.3. The van der Waals surface area contributed by atoms with Crippen LogP contribution in [0, 0.1) is 6.92 Å². The molecule has 1 saturated heterocycles. The maximum Gasteiger partial charge on any atom is 0.322 e. The van der Waals surface area contributed by atoms with Gasteiger partial charge in [-0.05, 0) is 18.6 Å². The first-order valence-corrected chi connectivity index (χ1v) is 7.51. The Bertz CT molecular complexity index is 509. The molecule has 1 aromatic rings. The Hall–Kier alpha value is -1.76. The quantitative estimate of drug-likeness (QED) is 0.888.